The van der Waals surface area contributed by atoms with Gasteiger partial charge in [-0.3, -0.25) is 5.32 Å². The number of rotatable bonds is 3. The van der Waals surface area contributed by atoms with Crippen LogP contribution in [-0.2, 0) is 6.18 Å². The minimum Gasteiger partial charge on any atom is -0.435 e. The molecule has 0 aromatic heterocycles. The van der Waals surface area contributed by atoms with E-state index in [4.69, 9.17) is 5.26 Å². The lowest BCUT2D eigenvalue weighted by Gasteiger charge is -2.12. The Morgan fingerprint density at radius 3 is 2.57 bits per heavy atom. The fraction of sp³-hybridized carbons (Fsp3) is 0.273. The molecule has 114 valence electrons. The van der Waals surface area contributed by atoms with Crippen molar-refractivity contribution in [1.82, 2.24) is 5.32 Å². The van der Waals surface area contributed by atoms with Crippen molar-refractivity contribution in [2.45, 2.75) is 12.8 Å². The van der Waals surface area contributed by atoms with Crippen LogP contribution in [0.4, 0.5) is 27.6 Å². The predicted molar refractivity (Wildman–Crippen MR) is 67.4 cm³/mol. The first-order valence-electron chi connectivity index (χ1n) is 5.21. The van der Waals surface area contributed by atoms with E-state index in [0.29, 0.717) is 6.07 Å². The van der Waals surface area contributed by atoms with Crippen LogP contribution >= 0.6 is 11.8 Å². The summed E-state index contributed by atoms with van der Waals surface area (Å²) in [6, 6.07) is 2.08. The third kappa shape index (κ3) is 5.11. The van der Waals surface area contributed by atoms with Gasteiger partial charge in [-0.05, 0) is 18.4 Å². The molecule has 0 saturated carbocycles. The number of nitrogens with one attached hydrogen (secondary N) is 1. The zero-order chi connectivity index (χ0) is 16.0. The van der Waals surface area contributed by atoms with Gasteiger partial charge in [0.05, 0.1) is 11.3 Å². The molecule has 21 heavy (non-hydrogen) atoms. The first kappa shape index (κ1) is 17.0. The number of aliphatic imine (C=N–C) groups is 1. The summed E-state index contributed by atoms with van der Waals surface area (Å²) in [5.41, 5.74) is -1.76. The Hall–Kier alpha value is -2.02. The standard InChI is InChI=1S/C11H8F5N3OS/c1-21-10(18-5-17)19-8-4-6(20-9(12)13)2-3-7(8)11(14,15)16/h2-4,9H,1H3,(H,18,19). The number of nitriles is 1. The molecule has 0 unspecified atom stereocenters. The van der Waals surface area contributed by atoms with Crippen LogP contribution in [0.3, 0.4) is 0 Å². The SMILES string of the molecule is CSC(=Nc1cc(OC(F)F)ccc1C(F)(F)F)NC#N. The molecule has 0 heterocycles. The minimum atomic E-state index is -4.72. The maximum Gasteiger partial charge on any atom is 0.418 e. The first-order chi connectivity index (χ1) is 9.77. The number of halogens is 5. The summed E-state index contributed by atoms with van der Waals surface area (Å²) >= 11 is 0.888. The zero-order valence-electron chi connectivity index (χ0n) is 10.4. The Morgan fingerprint density at radius 1 is 1.43 bits per heavy atom. The van der Waals surface area contributed by atoms with Crippen LogP contribution in [0.5, 0.6) is 5.75 Å². The predicted octanol–water partition coefficient (Wildman–Crippen LogP) is 3.73. The Morgan fingerprint density at radius 2 is 2.10 bits per heavy atom. The largest absolute Gasteiger partial charge is 0.435 e. The van der Waals surface area contributed by atoms with E-state index < -0.39 is 29.8 Å². The third-order valence-electron chi connectivity index (χ3n) is 2.08. The lowest BCUT2D eigenvalue weighted by atomic mass is 10.1. The highest BCUT2D eigenvalue weighted by Gasteiger charge is 2.34. The summed E-state index contributed by atoms with van der Waals surface area (Å²) in [5.74, 6) is -0.464. The van der Waals surface area contributed by atoms with Gasteiger partial charge >= 0.3 is 12.8 Å². The molecule has 0 spiro atoms. The fourth-order valence-electron chi connectivity index (χ4n) is 1.30. The zero-order valence-corrected chi connectivity index (χ0v) is 11.2. The first-order valence-corrected chi connectivity index (χ1v) is 6.44. The van der Waals surface area contributed by atoms with E-state index in [1.165, 1.54) is 12.4 Å². The Bertz CT molecular complexity index is 568. The van der Waals surface area contributed by atoms with Crippen molar-refractivity contribution in [2.24, 2.45) is 4.99 Å². The van der Waals surface area contributed by atoms with Crippen molar-refractivity contribution in [3.63, 3.8) is 0 Å². The lowest BCUT2D eigenvalue weighted by Crippen LogP contribution is -2.13. The van der Waals surface area contributed by atoms with Crippen LogP contribution < -0.4 is 10.1 Å². The Labute approximate surface area is 120 Å². The number of alkyl halides is 5. The highest BCUT2D eigenvalue weighted by atomic mass is 32.2. The lowest BCUT2D eigenvalue weighted by molar-refractivity contribution is -0.137. The third-order valence-corrected chi connectivity index (χ3v) is 2.66. The topological polar surface area (TPSA) is 57.4 Å². The molecule has 0 bridgehead atoms. The number of thioether (sulfide) groups is 1. The molecule has 1 rings (SSSR count). The van der Waals surface area contributed by atoms with E-state index in [2.05, 4.69) is 15.0 Å². The van der Waals surface area contributed by atoms with Crippen LogP contribution in [-0.4, -0.2) is 18.0 Å². The van der Waals surface area contributed by atoms with Gasteiger partial charge in [-0.1, -0.05) is 11.8 Å². The summed E-state index contributed by atoms with van der Waals surface area (Å²) in [4.78, 5) is 3.60. The van der Waals surface area contributed by atoms with Crippen LogP contribution in [0, 0.1) is 11.5 Å². The smallest absolute Gasteiger partial charge is 0.418 e. The molecule has 4 nitrogen and oxygen atoms in total. The molecular formula is C11H8F5N3OS. The summed E-state index contributed by atoms with van der Waals surface area (Å²) in [6.07, 6.45) is -1.73. The Kier molecular flexibility index (Phi) is 5.78. The van der Waals surface area contributed by atoms with Gasteiger partial charge in [0.15, 0.2) is 11.4 Å². The molecule has 1 aromatic carbocycles. The number of hydrogen-bond acceptors (Lipinski definition) is 4. The monoisotopic (exact) mass is 325 g/mol. The van der Waals surface area contributed by atoms with E-state index >= 15 is 0 Å². The van der Waals surface area contributed by atoms with E-state index in [9.17, 15) is 22.0 Å². The number of benzene rings is 1. The number of amidine groups is 1. The van der Waals surface area contributed by atoms with Gasteiger partial charge in [0, 0.05) is 6.07 Å². The molecule has 10 heteroatoms. The molecule has 0 atom stereocenters. The van der Waals surface area contributed by atoms with Gasteiger partial charge in [-0.15, -0.1) is 0 Å². The molecule has 0 aliphatic carbocycles. The van der Waals surface area contributed by atoms with Crippen LogP contribution in [0.25, 0.3) is 0 Å². The van der Waals surface area contributed by atoms with Gasteiger partial charge in [0.25, 0.3) is 0 Å². The van der Waals surface area contributed by atoms with Crippen LogP contribution in [0.2, 0.25) is 0 Å². The second-order valence-electron chi connectivity index (χ2n) is 3.41. The number of hydrogen-bond donors (Lipinski definition) is 1. The van der Waals surface area contributed by atoms with Crippen molar-refractivity contribution in [3.05, 3.63) is 23.8 Å². The molecule has 0 aliphatic heterocycles. The van der Waals surface area contributed by atoms with E-state index in [1.807, 2.05) is 0 Å². The van der Waals surface area contributed by atoms with Crippen LogP contribution in [0.15, 0.2) is 23.2 Å². The van der Waals surface area contributed by atoms with Gasteiger partial charge in [-0.25, -0.2) is 4.99 Å². The minimum absolute atomic E-state index is 0.114. The van der Waals surface area contributed by atoms with Gasteiger partial charge in [-0.2, -0.15) is 27.2 Å². The number of ether oxygens (including phenoxy) is 1. The normalized spacial score (nSPS) is 12.2. The van der Waals surface area contributed by atoms with Crippen molar-refractivity contribution in [1.29, 1.82) is 5.26 Å². The second kappa shape index (κ2) is 7.12. The van der Waals surface area contributed by atoms with Crippen LogP contribution in [0.1, 0.15) is 5.56 Å². The maximum absolute atomic E-state index is 12.8. The van der Waals surface area contributed by atoms with Crippen molar-refractivity contribution in [2.75, 3.05) is 6.26 Å². The van der Waals surface area contributed by atoms with Crippen molar-refractivity contribution in [3.8, 4) is 11.9 Å². The van der Waals surface area contributed by atoms with E-state index in [-0.39, 0.29) is 5.17 Å². The van der Waals surface area contributed by atoms with Crippen molar-refractivity contribution >= 4 is 22.6 Å². The van der Waals surface area contributed by atoms with E-state index in [1.54, 1.807) is 0 Å². The van der Waals surface area contributed by atoms with E-state index in [0.717, 1.165) is 23.9 Å². The van der Waals surface area contributed by atoms with Gasteiger partial charge in [0.2, 0.25) is 0 Å². The summed E-state index contributed by atoms with van der Waals surface area (Å²) in [6.45, 7) is -3.17. The summed E-state index contributed by atoms with van der Waals surface area (Å²) in [7, 11) is 0. The molecule has 0 radical (unpaired) electrons. The maximum atomic E-state index is 12.8. The second-order valence-corrected chi connectivity index (χ2v) is 4.21. The fourth-order valence-corrected chi connectivity index (χ4v) is 1.64. The highest BCUT2D eigenvalue weighted by molar-refractivity contribution is 8.13. The van der Waals surface area contributed by atoms with Gasteiger partial charge in [0.1, 0.15) is 5.75 Å². The molecular weight excluding hydrogens is 317 g/mol. The summed E-state index contributed by atoms with van der Waals surface area (Å²) in [5, 5.41) is 10.4. The average Bonchev–Trinajstić information content (AvgIpc) is 2.36. The molecule has 0 fully saturated rings. The van der Waals surface area contributed by atoms with Gasteiger partial charge < -0.3 is 4.74 Å². The molecule has 1 aromatic rings. The summed E-state index contributed by atoms with van der Waals surface area (Å²) < 4.78 is 66.7. The molecule has 0 aliphatic rings. The average molecular weight is 325 g/mol. The van der Waals surface area contributed by atoms with Crippen molar-refractivity contribution < 1.29 is 26.7 Å². The molecule has 0 amide bonds. The molecule has 1 N–H and O–H groups in total. The Balaban J connectivity index is 3.32. The molecule has 0 saturated heterocycles. The quantitative estimate of drug-likeness (QED) is 0.302. The number of nitrogens with zero attached hydrogens (tertiary/aromatic N) is 2. The highest BCUT2D eigenvalue weighted by Crippen LogP contribution is 2.38.